The van der Waals surface area contributed by atoms with Crippen molar-refractivity contribution in [3.63, 3.8) is 0 Å². The summed E-state index contributed by atoms with van der Waals surface area (Å²) in [5.41, 5.74) is 1.25. The van der Waals surface area contributed by atoms with E-state index in [1.807, 2.05) is 18.2 Å². The van der Waals surface area contributed by atoms with E-state index in [0.717, 1.165) is 31.5 Å². The topological polar surface area (TPSA) is 91.8 Å². The number of nitrogens with zero attached hydrogens (tertiary/aromatic N) is 4. The minimum absolute atomic E-state index is 0.191. The normalized spacial score (nSPS) is 17.7. The average Bonchev–Trinajstić information content (AvgIpc) is 3.23. The van der Waals surface area contributed by atoms with Gasteiger partial charge in [0.05, 0.1) is 19.1 Å². The van der Waals surface area contributed by atoms with Gasteiger partial charge in [-0.25, -0.2) is 0 Å². The van der Waals surface area contributed by atoms with Crippen molar-refractivity contribution in [3.8, 4) is 17.6 Å². The number of carbonyl (C=O) groups excluding carboxylic acids is 1. The third-order valence-electron chi connectivity index (χ3n) is 5.83. The lowest BCUT2D eigenvalue weighted by molar-refractivity contribution is -0.122. The van der Waals surface area contributed by atoms with Crippen molar-refractivity contribution in [3.05, 3.63) is 40.3 Å². The highest BCUT2D eigenvalue weighted by Crippen LogP contribution is 2.34. The summed E-state index contributed by atoms with van der Waals surface area (Å²) < 4.78 is 17.0. The molecule has 10 heteroatoms. The molecule has 1 aromatic carbocycles. The number of amides is 1. The molecule has 2 aromatic rings. The Hall–Kier alpha value is -3.03. The van der Waals surface area contributed by atoms with Crippen molar-refractivity contribution in [1.29, 1.82) is 5.26 Å². The zero-order valence-corrected chi connectivity index (χ0v) is 20.8. The molecule has 0 N–H and O–H groups in total. The fourth-order valence-electron chi connectivity index (χ4n) is 4.03. The second-order valence-corrected chi connectivity index (χ2v) is 9.67. The van der Waals surface area contributed by atoms with E-state index >= 15 is 0 Å². The number of anilines is 1. The molecular weight excluding hydrogens is 472 g/mol. The molecular formula is C24H26N4O4S2. The van der Waals surface area contributed by atoms with Crippen LogP contribution in [-0.2, 0) is 11.2 Å². The van der Waals surface area contributed by atoms with Crippen LogP contribution >= 0.6 is 24.0 Å². The van der Waals surface area contributed by atoms with Gasteiger partial charge in [0.15, 0.2) is 11.5 Å². The Kier molecular flexibility index (Phi) is 7.75. The van der Waals surface area contributed by atoms with Crippen molar-refractivity contribution in [2.45, 2.75) is 32.1 Å². The molecule has 0 bridgehead atoms. The molecule has 2 saturated heterocycles. The standard InChI is InChI=1S/C24H26N4O4S2/c1-30-18-8-7-16(13-19(18)31-2)9-12-28-22(29)20(34-24(28)33)14-21-26-17(15-25)23(32-21)27-10-5-3-4-6-11-27/h7-8,13-14H,3-6,9-12H2,1-2H3. The first-order valence-corrected chi connectivity index (χ1v) is 12.4. The SMILES string of the molecule is COc1ccc(CCN2C(=O)C(=Cc3nc(C#N)c(N4CCCCCC4)o3)SC2=S)cc1OC. The number of oxazole rings is 1. The van der Waals surface area contributed by atoms with Gasteiger partial charge in [0.1, 0.15) is 10.4 Å². The van der Waals surface area contributed by atoms with Crippen molar-refractivity contribution < 1.29 is 18.7 Å². The highest BCUT2D eigenvalue weighted by Gasteiger charge is 2.32. The molecule has 0 unspecified atom stereocenters. The second kappa shape index (κ2) is 10.9. The van der Waals surface area contributed by atoms with Crippen LogP contribution in [0.2, 0.25) is 0 Å². The summed E-state index contributed by atoms with van der Waals surface area (Å²) in [6.45, 7) is 2.11. The number of thiocarbonyl (C=S) groups is 1. The molecule has 0 aliphatic carbocycles. The van der Waals surface area contributed by atoms with Crippen LogP contribution in [0.15, 0.2) is 27.5 Å². The summed E-state index contributed by atoms with van der Waals surface area (Å²) in [6.07, 6.45) is 6.64. The predicted octanol–water partition coefficient (Wildman–Crippen LogP) is 4.39. The first-order valence-electron chi connectivity index (χ1n) is 11.2. The molecule has 0 spiro atoms. The summed E-state index contributed by atoms with van der Waals surface area (Å²) in [5.74, 6) is 1.84. The Bertz CT molecular complexity index is 1150. The average molecular weight is 499 g/mol. The predicted molar refractivity (Wildman–Crippen MR) is 135 cm³/mol. The Labute approximate surface area is 208 Å². The molecule has 3 heterocycles. The van der Waals surface area contributed by atoms with Crippen LogP contribution in [0.1, 0.15) is 42.8 Å². The van der Waals surface area contributed by atoms with Crippen LogP contribution in [0, 0.1) is 11.3 Å². The molecule has 1 amide bonds. The highest BCUT2D eigenvalue weighted by molar-refractivity contribution is 8.26. The minimum atomic E-state index is -0.191. The number of ether oxygens (including phenoxy) is 2. The number of hydrogen-bond donors (Lipinski definition) is 0. The van der Waals surface area contributed by atoms with E-state index < -0.39 is 0 Å². The smallest absolute Gasteiger partial charge is 0.266 e. The lowest BCUT2D eigenvalue weighted by atomic mass is 10.1. The highest BCUT2D eigenvalue weighted by atomic mass is 32.2. The quantitative estimate of drug-likeness (QED) is 0.407. The van der Waals surface area contributed by atoms with Gasteiger partial charge in [-0.15, -0.1) is 0 Å². The van der Waals surface area contributed by atoms with Crippen LogP contribution in [0.5, 0.6) is 11.5 Å². The fraction of sp³-hybridized carbons (Fsp3) is 0.417. The maximum absolute atomic E-state index is 13.0. The van der Waals surface area contributed by atoms with Gasteiger partial charge in [-0.1, -0.05) is 42.9 Å². The molecule has 34 heavy (non-hydrogen) atoms. The number of aromatic nitrogens is 1. The van der Waals surface area contributed by atoms with Gasteiger partial charge in [-0.3, -0.25) is 9.69 Å². The van der Waals surface area contributed by atoms with Gasteiger partial charge in [0.25, 0.3) is 5.91 Å². The summed E-state index contributed by atoms with van der Waals surface area (Å²) >= 11 is 6.67. The number of carbonyl (C=O) groups is 1. The van der Waals surface area contributed by atoms with Crippen molar-refractivity contribution >= 4 is 46.2 Å². The molecule has 4 rings (SSSR count). The number of methoxy groups -OCH3 is 2. The van der Waals surface area contributed by atoms with Gasteiger partial charge in [0.2, 0.25) is 17.5 Å². The summed E-state index contributed by atoms with van der Waals surface area (Å²) in [4.78, 5) is 21.4. The van der Waals surface area contributed by atoms with Gasteiger partial charge >= 0.3 is 0 Å². The second-order valence-electron chi connectivity index (χ2n) is 7.99. The Morgan fingerprint density at radius 2 is 1.94 bits per heavy atom. The molecule has 2 aliphatic rings. The van der Waals surface area contributed by atoms with E-state index in [-0.39, 0.29) is 17.5 Å². The first kappa shape index (κ1) is 24.1. The Balaban J connectivity index is 1.47. The van der Waals surface area contributed by atoms with E-state index in [1.165, 1.54) is 24.6 Å². The van der Waals surface area contributed by atoms with Gasteiger partial charge in [0, 0.05) is 25.7 Å². The zero-order chi connectivity index (χ0) is 24.1. The van der Waals surface area contributed by atoms with Gasteiger partial charge in [-0.2, -0.15) is 10.2 Å². The summed E-state index contributed by atoms with van der Waals surface area (Å²) in [5, 5.41) is 9.54. The number of nitriles is 1. The molecule has 0 atom stereocenters. The molecule has 2 fully saturated rings. The van der Waals surface area contributed by atoms with Crippen molar-refractivity contribution in [1.82, 2.24) is 9.88 Å². The third kappa shape index (κ3) is 5.21. The number of rotatable bonds is 7. The number of thioether (sulfide) groups is 1. The maximum atomic E-state index is 13.0. The monoisotopic (exact) mass is 498 g/mol. The van der Waals surface area contributed by atoms with Crippen molar-refractivity contribution in [2.75, 3.05) is 38.8 Å². The van der Waals surface area contributed by atoms with Crippen LogP contribution in [0.25, 0.3) is 6.08 Å². The molecule has 0 radical (unpaired) electrons. The van der Waals surface area contributed by atoms with Gasteiger partial charge in [-0.05, 0) is 37.0 Å². The van der Waals surface area contributed by atoms with Gasteiger partial charge < -0.3 is 18.8 Å². The lowest BCUT2D eigenvalue weighted by Gasteiger charge is -2.18. The Morgan fingerprint density at radius 1 is 1.21 bits per heavy atom. The number of hydrogen-bond acceptors (Lipinski definition) is 9. The van der Waals surface area contributed by atoms with E-state index in [2.05, 4.69) is 16.0 Å². The van der Waals surface area contributed by atoms with E-state index in [4.69, 9.17) is 26.1 Å². The molecule has 1 aromatic heterocycles. The van der Waals surface area contributed by atoms with E-state index in [1.54, 1.807) is 25.2 Å². The Morgan fingerprint density at radius 3 is 2.62 bits per heavy atom. The summed E-state index contributed by atoms with van der Waals surface area (Å²) in [6, 6.07) is 7.80. The summed E-state index contributed by atoms with van der Waals surface area (Å²) in [7, 11) is 3.18. The van der Waals surface area contributed by atoms with Crippen LogP contribution in [0.3, 0.4) is 0 Å². The zero-order valence-electron chi connectivity index (χ0n) is 19.2. The lowest BCUT2D eigenvalue weighted by Crippen LogP contribution is -2.30. The fourth-order valence-corrected chi connectivity index (χ4v) is 5.31. The molecule has 2 aliphatic heterocycles. The largest absolute Gasteiger partial charge is 0.493 e. The van der Waals surface area contributed by atoms with Crippen LogP contribution in [0.4, 0.5) is 5.88 Å². The van der Waals surface area contributed by atoms with E-state index in [9.17, 15) is 10.1 Å². The third-order valence-corrected chi connectivity index (χ3v) is 7.20. The maximum Gasteiger partial charge on any atom is 0.266 e. The first-order chi connectivity index (χ1) is 16.5. The molecule has 8 nitrogen and oxygen atoms in total. The van der Waals surface area contributed by atoms with Crippen LogP contribution < -0.4 is 14.4 Å². The molecule has 178 valence electrons. The minimum Gasteiger partial charge on any atom is -0.493 e. The van der Waals surface area contributed by atoms with Crippen LogP contribution in [-0.4, -0.2) is 54.0 Å². The van der Waals surface area contributed by atoms with E-state index in [0.29, 0.717) is 39.6 Å². The molecule has 0 saturated carbocycles. The number of benzene rings is 1. The van der Waals surface area contributed by atoms with Crippen molar-refractivity contribution in [2.24, 2.45) is 0 Å².